The maximum absolute atomic E-state index is 11.8. The van der Waals surface area contributed by atoms with E-state index in [9.17, 15) is 13.2 Å². The lowest BCUT2D eigenvalue weighted by atomic mass is 10.1. The Morgan fingerprint density at radius 1 is 1.29 bits per heavy atom. The van der Waals surface area contributed by atoms with Crippen LogP contribution in [0.4, 0.5) is 13.2 Å². The summed E-state index contributed by atoms with van der Waals surface area (Å²) < 4.78 is 45.3. The maximum Gasteiger partial charge on any atom is 0.411 e. The molecule has 0 spiro atoms. The third-order valence-electron chi connectivity index (χ3n) is 2.76. The van der Waals surface area contributed by atoms with Gasteiger partial charge < -0.3 is 15.2 Å². The number of pyridine rings is 1. The van der Waals surface area contributed by atoms with Crippen molar-refractivity contribution in [1.82, 2.24) is 4.98 Å². The molecule has 7 heteroatoms. The molecule has 2 N–H and O–H groups in total. The van der Waals surface area contributed by atoms with Crippen molar-refractivity contribution in [2.45, 2.75) is 38.4 Å². The van der Waals surface area contributed by atoms with Crippen molar-refractivity contribution in [3.8, 4) is 5.75 Å². The van der Waals surface area contributed by atoms with Gasteiger partial charge in [-0.15, -0.1) is 0 Å². The van der Waals surface area contributed by atoms with E-state index in [2.05, 4.69) is 9.72 Å². The molecule has 0 bridgehead atoms. The standard InChI is InChI=1S/C14H21F3N2O2/c1-2-11(18)8-12-4-5-13(9-19-12)21-7-3-6-20-10-14(15,16)17/h4-5,9,11H,2-3,6-8,10,18H2,1H3. The molecule has 0 aliphatic heterocycles. The van der Waals surface area contributed by atoms with Gasteiger partial charge in [-0.05, 0) is 18.6 Å². The number of nitrogens with two attached hydrogens (primary N) is 1. The van der Waals surface area contributed by atoms with Crippen molar-refractivity contribution in [2.75, 3.05) is 19.8 Å². The van der Waals surface area contributed by atoms with Gasteiger partial charge in [-0.1, -0.05) is 6.92 Å². The lowest BCUT2D eigenvalue weighted by Crippen LogP contribution is -2.21. The van der Waals surface area contributed by atoms with Gasteiger partial charge in [-0.2, -0.15) is 13.2 Å². The van der Waals surface area contributed by atoms with E-state index < -0.39 is 12.8 Å². The molecule has 0 aliphatic carbocycles. The molecule has 120 valence electrons. The minimum absolute atomic E-state index is 0.0103. The van der Waals surface area contributed by atoms with Crippen LogP contribution in [0.25, 0.3) is 0 Å². The van der Waals surface area contributed by atoms with E-state index in [0.717, 1.165) is 12.1 Å². The molecule has 4 nitrogen and oxygen atoms in total. The second-order valence-electron chi connectivity index (χ2n) is 4.73. The van der Waals surface area contributed by atoms with Crippen LogP contribution in [0.3, 0.4) is 0 Å². The Morgan fingerprint density at radius 3 is 2.62 bits per heavy atom. The molecule has 0 saturated heterocycles. The van der Waals surface area contributed by atoms with Crippen LogP contribution < -0.4 is 10.5 Å². The van der Waals surface area contributed by atoms with Crippen LogP contribution in [0, 0.1) is 0 Å². The molecule has 1 heterocycles. The Balaban J connectivity index is 2.18. The van der Waals surface area contributed by atoms with E-state index in [1.807, 2.05) is 13.0 Å². The second-order valence-corrected chi connectivity index (χ2v) is 4.73. The van der Waals surface area contributed by atoms with Crippen LogP contribution in [0.5, 0.6) is 5.75 Å². The van der Waals surface area contributed by atoms with Gasteiger partial charge in [0.1, 0.15) is 12.4 Å². The van der Waals surface area contributed by atoms with Gasteiger partial charge >= 0.3 is 6.18 Å². The van der Waals surface area contributed by atoms with Crippen molar-refractivity contribution in [1.29, 1.82) is 0 Å². The largest absolute Gasteiger partial charge is 0.492 e. The Morgan fingerprint density at radius 2 is 2.05 bits per heavy atom. The van der Waals surface area contributed by atoms with Crippen LogP contribution in [-0.4, -0.2) is 37.0 Å². The predicted molar refractivity (Wildman–Crippen MR) is 73.2 cm³/mol. The molecule has 1 unspecified atom stereocenters. The number of ether oxygens (including phenoxy) is 2. The van der Waals surface area contributed by atoms with Crippen LogP contribution in [0.2, 0.25) is 0 Å². The lowest BCUT2D eigenvalue weighted by molar-refractivity contribution is -0.174. The van der Waals surface area contributed by atoms with Gasteiger partial charge in [0.25, 0.3) is 0 Å². The summed E-state index contributed by atoms with van der Waals surface area (Å²) in [6, 6.07) is 3.71. The van der Waals surface area contributed by atoms with Gasteiger partial charge in [-0.3, -0.25) is 4.98 Å². The fourth-order valence-electron chi connectivity index (χ4n) is 1.57. The monoisotopic (exact) mass is 306 g/mol. The third kappa shape index (κ3) is 8.52. The third-order valence-corrected chi connectivity index (χ3v) is 2.76. The van der Waals surface area contributed by atoms with E-state index in [-0.39, 0.29) is 19.3 Å². The molecule has 1 aromatic heterocycles. The highest BCUT2D eigenvalue weighted by atomic mass is 19.4. The summed E-state index contributed by atoms with van der Waals surface area (Å²) in [7, 11) is 0. The molecular weight excluding hydrogens is 285 g/mol. The number of hydrogen-bond acceptors (Lipinski definition) is 4. The van der Waals surface area contributed by atoms with Gasteiger partial charge in [0.2, 0.25) is 0 Å². The lowest BCUT2D eigenvalue weighted by Gasteiger charge is -2.10. The van der Waals surface area contributed by atoms with Gasteiger partial charge in [0.05, 0.1) is 19.4 Å². The molecule has 1 aromatic rings. The zero-order valence-electron chi connectivity index (χ0n) is 12.0. The smallest absolute Gasteiger partial charge is 0.411 e. The Kier molecular flexibility index (Phi) is 7.45. The van der Waals surface area contributed by atoms with E-state index >= 15 is 0 Å². The highest BCUT2D eigenvalue weighted by Gasteiger charge is 2.27. The fourth-order valence-corrected chi connectivity index (χ4v) is 1.57. The molecule has 0 saturated carbocycles. The number of halogens is 3. The SMILES string of the molecule is CCC(N)Cc1ccc(OCCCOCC(F)(F)F)cn1. The summed E-state index contributed by atoms with van der Waals surface area (Å²) in [5, 5.41) is 0. The van der Waals surface area contributed by atoms with Gasteiger partial charge in [0, 0.05) is 24.6 Å². The molecule has 21 heavy (non-hydrogen) atoms. The first-order valence-electron chi connectivity index (χ1n) is 6.88. The Bertz CT molecular complexity index is 396. The normalized spacial score (nSPS) is 13.2. The quantitative estimate of drug-likeness (QED) is 0.713. The average Bonchev–Trinajstić information content (AvgIpc) is 2.43. The molecule has 0 aliphatic rings. The number of hydrogen-bond donors (Lipinski definition) is 1. The minimum Gasteiger partial charge on any atom is -0.492 e. The van der Waals surface area contributed by atoms with Gasteiger partial charge in [0.15, 0.2) is 0 Å². The van der Waals surface area contributed by atoms with Crippen molar-refractivity contribution in [2.24, 2.45) is 5.73 Å². The Hall–Kier alpha value is -1.34. The van der Waals surface area contributed by atoms with Gasteiger partial charge in [-0.25, -0.2) is 0 Å². The van der Waals surface area contributed by atoms with E-state index in [1.54, 1.807) is 12.3 Å². The van der Waals surface area contributed by atoms with Crippen molar-refractivity contribution >= 4 is 0 Å². The average molecular weight is 306 g/mol. The minimum atomic E-state index is -4.28. The molecular formula is C14H21F3N2O2. The van der Waals surface area contributed by atoms with Crippen molar-refractivity contribution in [3.63, 3.8) is 0 Å². The summed E-state index contributed by atoms with van der Waals surface area (Å²) in [6.45, 7) is 1.09. The van der Waals surface area contributed by atoms with Crippen LogP contribution in [-0.2, 0) is 11.2 Å². The van der Waals surface area contributed by atoms with E-state index in [1.165, 1.54) is 0 Å². The van der Waals surface area contributed by atoms with Crippen molar-refractivity contribution in [3.05, 3.63) is 24.0 Å². The van der Waals surface area contributed by atoms with Crippen LogP contribution in [0.15, 0.2) is 18.3 Å². The maximum atomic E-state index is 11.8. The summed E-state index contributed by atoms with van der Waals surface area (Å²) in [5.41, 5.74) is 6.73. The number of aromatic nitrogens is 1. The van der Waals surface area contributed by atoms with Crippen LogP contribution >= 0.6 is 0 Å². The number of nitrogens with zero attached hydrogens (tertiary/aromatic N) is 1. The number of rotatable bonds is 9. The first kappa shape index (κ1) is 17.7. The highest BCUT2D eigenvalue weighted by molar-refractivity contribution is 5.20. The fraction of sp³-hybridized carbons (Fsp3) is 0.643. The highest BCUT2D eigenvalue weighted by Crippen LogP contribution is 2.14. The number of alkyl halides is 3. The van der Waals surface area contributed by atoms with E-state index in [0.29, 0.717) is 18.6 Å². The molecule has 1 atom stereocenters. The van der Waals surface area contributed by atoms with E-state index in [4.69, 9.17) is 10.5 Å². The molecule has 0 aromatic carbocycles. The molecule has 0 fully saturated rings. The molecule has 0 amide bonds. The zero-order chi connectivity index (χ0) is 15.7. The topological polar surface area (TPSA) is 57.4 Å². The summed E-state index contributed by atoms with van der Waals surface area (Å²) in [5.74, 6) is 0.583. The summed E-state index contributed by atoms with van der Waals surface area (Å²) in [4.78, 5) is 4.23. The summed E-state index contributed by atoms with van der Waals surface area (Å²) in [6.07, 6.45) is -0.702. The first-order chi connectivity index (χ1) is 9.90. The van der Waals surface area contributed by atoms with Crippen LogP contribution in [0.1, 0.15) is 25.5 Å². The zero-order valence-corrected chi connectivity index (χ0v) is 12.0. The van der Waals surface area contributed by atoms with Crippen molar-refractivity contribution < 1.29 is 22.6 Å². The second kappa shape index (κ2) is 8.84. The summed E-state index contributed by atoms with van der Waals surface area (Å²) >= 11 is 0. The molecule has 1 rings (SSSR count). The first-order valence-corrected chi connectivity index (χ1v) is 6.88. The predicted octanol–water partition coefficient (Wildman–Crippen LogP) is 2.71. The molecule has 0 radical (unpaired) electrons. The Labute approximate surface area is 122 Å².